The summed E-state index contributed by atoms with van der Waals surface area (Å²) >= 11 is 18.9. The molecule has 30 heavy (non-hydrogen) atoms. The molecule has 0 aliphatic rings. The summed E-state index contributed by atoms with van der Waals surface area (Å²) in [5.74, 6) is -0.545. The molecule has 1 atom stereocenters. The van der Waals surface area contributed by atoms with E-state index in [-0.39, 0.29) is 17.2 Å². The van der Waals surface area contributed by atoms with Crippen molar-refractivity contribution in [3.05, 3.63) is 65.2 Å². The first-order valence-corrected chi connectivity index (χ1v) is 13.7. The molecule has 0 aliphatic carbocycles. The number of carbonyl (C=O) groups is 2. The minimum absolute atomic E-state index is 0.273. The predicted molar refractivity (Wildman–Crippen MR) is 123 cm³/mol. The highest BCUT2D eigenvalue weighted by molar-refractivity contribution is 6.76. The van der Waals surface area contributed by atoms with Crippen molar-refractivity contribution in [1.82, 2.24) is 4.57 Å². The molecule has 9 heteroatoms. The largest absolute Gasteiger partial charge is 0.467 e. The number of methoxy groups -OCH3 is 1. The van der Waals surface area contributed by atoms with Gasteiger partial charge in [0.15, 0.2) is 8.24 Å². The summed E-state index contributed by atoms with van der Waals surface area (Å²) < 4.78 is 10.3. The molecule has 0 saturated heterocycles. The lowest BCUT2D eigenvalue weighted by molar-refractivity contribution is 0.0510. The fraction of sp³-hybridized carbons (Fsp3) is 0.333. The Morgan fingerprint density at radius 1 is 1.00 bits per heavy atom. The molecule has 0 heterocycles. The van der Waals surface area contributed by atoms with Crippen molar-refractivity contribution in [2.75, 3.05) is 7.11 Å². The summed E-state index contributed by atoms with van der Waals surface area (Å²) in [7, 11) is -1.12. The van der Waals surface area contributed by atoms with Gasteiger partial charge in [-0.3, -0.25) is 4.79 Å². The van der Waals surface area contributed by atoms with E-state index in [4.69, 9.17) is 44.3 Å². The molecule has 0 radical (unpaired) electrons. The Bertz CT molecular complexity index is 925. The molecule has 162 valence electrons. The van der Waals surface area contributed by atoms with E-state index in [1.165, 1.54) is 17.7 Å². The van der Waals surface area contributed by atoms with Crippen molar-refractivity contribution in [3.63, 3.8) is 0 Å². The van der Waals surface area contributed by atoms with Crippen LogP contribution in [0, 0.1) is 6.92 Å². The van der Waals surface area contributed by atoms with Gasteiger partial charge in [0, 0.05) is 5.56 Å². The number of halogens is 3. The maximum Gasteiger partial charge on any atom is 0.337 e. The Morgan fingerprint density at radius 3 is 2.13 bits per heavy atom. The molecular weight excluding hydrogens is 465 g/mol. The lowest BCUT2D eigenvalue weighted by Crippen LogP contribution is -2.61. The van der Waals surface area contributed by atoms with Crippen molar-refractivity contribution in [1.29, 1.82) is 0 Å². The van der Waals surface area contributed by atoms with Gasteiger partial charge in [-0.15, -0.1) is 0 Å². The van der Waals surface area contributed by atoms with Crippen LogP contribution in [0.1, 0.15) is 26.3 Å². The summed E-state index contributed by atoms with van der Waals surface area (Å²) in [6.45, 7) is 7.77. The third kappa shape index (κ3) is 6.14. The van der Waals surface area contributed by atoms with Crippen molar-refractivity contribution in [2.45, 2.75) is 36.6 Å². The van der Waals surface area contributed by atoms with Crippen LogP contribution < -0.4 is 4.74 Å². The van der Waals surface area contributed by atoms with Crippen LogP contribution in [0.4, 0.5) is 0 Å². The third-order valence-electron chi connectivity index (χ3n) is 4.22. The van der Waals surface area contributed by atoms with Gasteiger partial charge in [-0.05, 0) is 37.3 Å². The second-order valence-electron chi connectivity index (χ2n) is 7.75. The number of carbonyl (C=O) groups excluding carboxylic acids is 2. The lowest BCUT2D eigenvalue weighted by atomic mass is 10.1. The van der Waals surface area contributed by atoms with E-state index in [0.717, 1.165) is 5.56 Å². The molecule has 2 aromatic carbocycles. The number of nitrogens with zero attached hydrogens (tertiary/aromatic N) is 1. The molecule has 0 spiro atoms. The van der Waals surface area contributed by atoms with Gasteiger partial charge < -0.3 is 14.0 Å². The molecule has 0 bridgehead atoms. The number of hydrogen-bond donors (Lipinski definition) is 0. The molecule has 0 saturated carbocycles. The monoisotopic (exact) mass is 487 g/mol. The second-order valence-corrected chi connectivity index (χ2v) is 14.9. The number of hydrogen-bond acceptors (Lipinski definition) is 4. The van der Waals surface area contributed by atoms with Crippen LogP contribution in [0.2, 0.25) is 19.6 Å². The summed E-state index contributed by atoms with van der Waals surface area (Å²) in [5, 5.41) is 0. The van der Waals surface area contributed by atoms with E-state index >= 15 is 0 Å². The van der Waals surface area contributed by atoms with Crippen molar-refractivity contribution < 1.29 is 19.1 Å². The molecule has 1 amide bonds. The third-order valence-corrected chi connectivity index (χ3v) is 6.67. The van der Waals surface area contributed by atoms with Crippen LogP contribution in [0.3, 0.4) is 0 Å². The standard InChI is InChI=1S/C21H24Cl3NO4Si/c1-14-8-6-9-15(12-14)18(26)25(30(3,4)5)20(21(22,23)24)29-17-11-7-10-16(13-17)19(27)28-2/h6-13,20H,1-5H3. The highest BCUT2D eigenvalue weighted by atomic mass is 35.6. The normalized spacial score (nSPS) is 12.8. The van der Waals surface area contributed by atoms with E-state index in [1.54, 1.807) is 36.4 Å². The minimum atomic E-state index is -2.41. The fourth-order valence-electron chi connectivity index (χ4n) is 2.89. The van der Waals surface area contributed by atoms with Crippen LogP contribution in [0.25, 0.3) is 0 Å². The van der Waals surface area contributed by atoms with Gasteiger partial charge in [0.1, 0.15) is 5.75 Å². The first kappa shape index (κ1) is 24.5. The summed E-state index contributed by atoms with van der Waals surface area (Å²) in [6, 6.07) is 13.5. The van der Waals surface area contributed by atoms with Gasteiger partial charge in [0.25, 0.3) is 0 Å². The number of rotatable bonds is 6. The zero-order valence-electron chi connectivity index (χ0n) is 17.4. The Kier molecular flexibility index (Phi) is 7.85. The average molecular weight is 489 g/mol. The lowest BCUT2D eigenvalue weighted by Gasteiger charge is -2.43. The van der Waals surface area contributed by atoms with Crippen molar-refractivity contribution >= 4 is 54.9 Å². The Hall–Kier alpha value is -1.73. The molecule has 0 N–H and O–H groups in total. The average Bonchev–Trinajstić information content (AvgIpc) is 2.65. The maximum absolute atomic E-state index is 13.5. The zero-order chi connectivity index (χ0) is 22.7. The number of alkyl halides is 3. The number of esters is 1. The highest BCUT2D eigenvalue weighted by Gasteiger charge is 2.47. The topological polar surface area (TPSA) is 55.8 Å². The van der Waals surface area contributed by atoms with E-state index in [1.807, 2.05) is 32.6 Å². The Morgan fingerprint density at radius 2 is 1.60 bits per heavy atom. The van der Waals surface area contributed by atoms with Crippen LogP contribution in [-0.2, 0) is 4.74 Å². The van der Waals surface area contributed by atoms with E-state index < -0.39 is 24.2 Å². The fourth-order valence-corrected chi connectivity index (χ4v) is 5.25. The smallest absolute Gasteiger partial charge is 0.337 e. The molecule has 1 unspecified atom stereocenters. The van der Waals surface area contributed by atoms with Crippen LogP contribution in [-0.4, -0.2) is 41.8 Å². The zero-order valence-corrected chi connectivity index (χ0v) is 20.7. The molecular formula is C21H24Cl3NO4Si. The quantitative estimate of drug-likeness (QED) is 0.222. The van der Waals surface area contributed by atoms with Crippen LogP contribution in [0.5, 0.6) is 5.75 Å². The molecule has 2 rings (SSSR count). The highest BCUT2D eigenvalue weighted by Crippen LogP contribution is 2.38. The van der Waals surface area contributed by atoms with Gasteiger partial charge in [-0.1, -0.05) is 78.2 Å². The van der Waals surface area contributed by atoms with Gasteiger partial charge in [0.05, 0.1) is 12.7 Å². The molecule has 0 aromatic heterocycles. The summed E-state index contributed by atoms with van der Waals surface area (Å²) in [4.78, 5) is 25.3. The van der Waals surface area contributed by atoms with Crippen LogP contribution in [0.15, 0.2) is 48.5 Å². The number of ether oxygens (including phenoxy) is 2. The number of benzene rings is 2. The summed E-state index contributed by atoms with van der Waals surface area (Å²) in [5.41, 5.74) is 1.69. The van der Waals surface area contributed by atoms with Gasteiger partial charge in [0.2, 0.25) is 15.9 Å². The Labute approximate surface area is 192 Å². The molecule has 5 nitrogen and oxygen atoms in total. The van der Waals surface area contributed by atoms with Gasteiger partial charge >= 0.3 is 5.97 Å². The molecule has 2 aromatic rings. The van der Waals surface area contributed by atoms with Crippen molar-refractivity contribution in [2.24, 2.45) is 0 Å². The van der Waals surface area contributed by atoms with Gasteiger partial charge in [-0.2, -0.15) is 0 Å². The predicted octanol–water partition coefficient (Wildman–Crippen LogP) is 5.83. The summed E-state index contributed by atoms with van der Waals surface area (Å²) in [6.07, 6.45) is -1.21. The van der Waals surface area contributed by atoms with E-state index in [2.05, 4.69) is 0 Å². The van der Waals surface area contributed by atoms with Crippen molar-refractivity contribution in [3.8, 4) is 5.75 Å². The SMILES string of the molecule is COC(=O)c1cccc(OC(N(C(=O)c2cccc(C)c2)[Si](C)(C)C)C(Cl)(Cl)Cl)c1. The Balaban J connectivity index is 2.51. The number of aryl methyl sites for hydroxylation is 1. The first-order chi connectivity index (χ1) is 13.8. The second kappa shape index (κ2) is 9.60. The molecule has 0 fully saturated rings. The van der Waals surface area contributed by atoms with E-state index in [9.17, 15) is 9.59 Å². The maximum atomic E-state index is 13.5. The van der Waals surface area contributed by atoms with Gasteiger partial charge in [-0.25, -0.2) is 4.79 Å². The van der Waals surface area contributed by atoms with E-state index in [0.29, 0.717) is 5.56 Å². The molecule has 0 aliphatic heterocycles. The first-order valence-electron chi connectivity index (χ1n) is 9.16. The van der Waals surface area contributed by atoms with Crippen LogP contribution >= 0.6 is 34.8 Å². The minimum Gasteiger partial charge on any atom is -0.467 e. The number of amides is 1.